The maximum Gasteiger partial charge on any atom is 0.335 e. The fraction of sp³-hybridized carbons (Fsp3) is 0.533. The van der Waals surface area contributed by atoms with E-state index in [2.05, 4.69) is 17.1 Å². The van der Waals surface area contributed by atoms with Crippen LogP contribution in [0.2, 0.25) is 0 Å². The Morgan fingerprint density at radius 1 is 1.53 bits per heavy atom. The molecule has 1 aliphatic heterocycles. The van der Waals surface area contributed by atoms with Crippen molar-refractivity contribution in [1.82, 2.24) is 5.32 Å². The molecule has 0 spiro atoms. The van der Waals surface area contributed by atoms with Crippen molar-refractivity contribution in [3.8, 4) is 0 Å². The zero-order chi connectivity index (χ0) is 13.7. The fourth-order valence-electron chi connectivity index (χ4n) is 2.62. The van der Waals surface area contributed by atoms with E-state index >= 15 is 0 Å². The van der Waals surface area contributed by atoms with E-state index < -0.39 is 5.97 Å². The summed E-state index contributed by atoms with van der Waals surface area (Å²) < 4.78 is 0. The second-order valence-electron chi connectivity index (χ2n) is 5.05. The number of piperazine rings is 1. The molecule has 1 atom stereocenters. The summed E-state index contributed by atoms with van der Waals surface area (Å²) in [5, 5.41) is 12.5. The average Bonchev–Trinajstić information content (AvgIpc) is 2.45. The van der Waals surface area contributed by atoms with E-state index in [9.17, 15) is 4.79 Å². The molecule has 0 saturated carbocycles. The van der Waals surface area contributed by atoms with Gasteiger partial charge in [0.2, 0.25) is 0 Å². The zero-order valence-corrected chi connectivity index (χ0v) is 11.4. The van der Waals surface area contributed by atoms with Gasteiger partial charge < -0.3 is 15.3 Å². The van der Waals surface area contributed by atoms with Gasteiger partial charge in [0.25, 0.3) is 0 Å². The topological polar surface area (TPSA) is 52.6 Å². The molecule has 1 saturated heterocycles. The Hall–Kier alpha value is -1.55. The van der Waals surface area contributed by atoms with Crippen molar-refractivity contribution in [3.63, 3.8) is 0 Å². The highest BCUT2D eigenvalue weighted by atomic mass is 16.4. The maximum atomic E-state index is 11.1. The smallest absolute Gasteiger partial charge is 0.335 e. The number of aromatic carboxylic acids is 1. The Bertz CT molecular complexity index is 434. The molecule has 1 aromatic rings. The number of unbranched alkanes of at least 4 members (excludes halogenated alkanes) is 1. The summed E-state index contributed by atoms with van der Waals surface area (Å²) in [5.41, 5.74) is 1.40. The Morgan fingerprint density at radius 2 is 2.37 bits per heavy atom. The van der Waals surface area contributed by atoms with Crippen LogP contribution in [-0.4, -0.2) is 36.8 Å². The first-order valence-corrected chi connectivity index (χ1v) is 7.03. The van der Waals surface area contributed by atoms with Gasteiger partial charge in [-0.05, 0) is 24.6 Å². The molecule has 1 fully saturated rings. The van der Waals surface area contributed by atoms with E-state index in [0.29, 0.717) is 11.6 Å². The van der Waals surface area contributed by atoms with Gasteiger partial charge in [0, 0.05) is 31.4 Å². The monoisotopic (exact) mass is 262 g/mol. The van der Waals surface area contributed by atoms with E-state index in [4.69, 9.17) is 5.11 Å². The lowest BCUT2D eigenvalue weighted by molar-refractivity contribution is 0.0697. The number of hydrogen-bond acceptors (Lipinski definition) is 3. The van der Waals surface area contributed by atoms with Crippen LogP contribution in [0.1, 0.15) is 36.5 Å². The summed E-state index contributed by atoms with van der Waals surface area (Å²) in [6.45, 7) is 5.08. The summed E-state index contributed by atoms with van der Waals surface area (Å²) in [6, 6.07) is 7.74. The molecule has 1 unspecified atom stereocenters. The molecule has 104 valence electrons. The molecule has 1 heterocycles. The van der Waals surface area contributed by atoms with E-state index in [0.717, 1.165) is 31.7 Å². The van der Waals surface area contributed by atoms with Crippen molar-refractivity contribution < 1.29 is 9.90 Å². The van der Waals surface area contributed by atoms with Gasteiger partial charge in [-0.15, -0.1) is 0 Å². The Morgan fingerprint density at radius 3 is 3.11 bits per heavy atom. The van der Waals surface area contributed by atoms with Gasteiger partial charge in [-0.2, -0.15) is 0 Å². The lowest BCUT2D eigenvalue weighted by atomic mass is 10.0. The minimum absolute atomic E-state index is 0.366. The van der Waals surface area contributed by atoms with Crippen LogP contribution in [0.3, 0.4) is 0 Å². The summed E-state index contributed by atoms with van der Waals surface area (Å²) in [6.07, 6.45) is 3.56. The van der Waals surface area contributed by atoms with Crippen LogP contribution in [0.15, 0.2) is 24.3 Å². The Balaban J connectivity index is 2.16. The summed E-state index contributed by atoms with van der Waals surface area (Å²) in [7, 11) is 0. The molecular weight excluding hydrogens is 240 g/mol. The van der Waals surface area contributed by atoms with Crippen LogP contribution in [0, 0.1) is 0 Å². The Kier molecular flexibility index (Phi) is 4.80. The van der Waals surface area contributed by atoms with Gasteiger partial charge in [-0.25, -0.2) is 4.79 Å². The number of nitrogens with one attached hydrogen (secondary N) is 1. The zero-order valence-electron chi connectivity index (χ0n) is 11.4. The highest BCUT2D eigenvalue weighted by Gasteiger charge is 2.22. The molecular formula is C15H22N2O2. The molecule has 0 radical (unpaired) electrons. The molecule has 1 aromatic carbocycles. The van der Waals surface area contributed by atoms with E-state index in [1.165, 1.54) is 12.8 Å². The quantitative estimate of drug-likeness (QED) is 0.855. The number of carboxylic acids is 1. The number of benzene rings is 1. The van der Waals surface area contributed by atoms with Crippen LogP contribution in [0.25, 0.3) is 0 Å². The molecule has 0 aromatic heterocycles. The molecule has 4 heteroatoms. The van der Waals surface area contributed by atoms with Crippen molar-refractivity contribution in [2.45, 2.75) is 32.2 Å². The number of rotatable bonds is 5. The molecule has 2 N–H and O–H groups in total. The molecule has 4 nitrogen and oxygen atoms in total. The number of carbonyl (C=O) groups is 1. The Labute approximate surface area is 114 Å². The van der Waals surface area contributed by atoms with Gasteiger partial charge in [0.15, 0.2) is 0 Å². The number of nitrogens with zero attached hydrogens (tertiary/aromatic N) is 1. The van der Waals surface area contributed by atoms with Crippen LogP contribution in [0.5, 0.6) is 0 Å². The molecule has 19 heavy (non-hydrogen) atoms. The largest absolute Gasteiger partial charge is 0.478 e. The first-order chi connectivity index (χ1) is 9.22. The average molecular weight is 262 g/mol. The van der Waals surface area contributed by atoms with Crippen molar-refractivity contribution >= 4 is 11.7 Å². The molecule has 0 amide bonds. The van der Waals surface area contributed by atoms with E-state index in [1.807, 2.05) is 12.1 Å². The van der Waals surface area contributed by atoms with Crippen LogP contribution in [-0.2, 0) is 0 Å². The molecule has 1 aliphatic rings. The van der Waals surface area contributed by atoms with Gasteiger partial charge >= 0.3 is 5.97 Å². The molecule has 0 aliphatic carbocycles. The lowest BCUT2D eigenvalue weighted by Crippen LogP contribution is -2.51. The van der Waals surface area contributed by atoms with Gasteiger partial charge in [0.1, 0.15) is 0 Å². The second-order valence-corrected chi connectivity index (χ2v) is 5.05. The third kappa shape index (κ3) is 3.47. The van der Waals surface area contributed by atoms with Crippen molar-refractivity contribution in [1.29, 1.82) is 0 Å². The van der Waals surface area contributed by atoms with Crippen LogP contribution in [0.4, 0.5) is 5.69 Å². The van der Waals surface area contributed by atoms with Gasteiger partial charge in [-0.1, -0.05) is 25.8 Å². The summed E-state index contributed by atoms with van der Waals surface area (Å²) >= 11 is 0. The minimum atomic E-state index is -0.859. The fourth-order valence-corrected chi connectivity index (χ4v) is 2.62. The highest BCUT2D eigenvalue weighted by molar-refractivity contribution is 5.88. The second kappa shape index (κ2) is 6.57. The maximum absolute atomic E-state index is 11.1. The minimum Gasteiger partial charge on any atom is -0.478 e. The first-order valence-electron chi connectivity index (χ1n) is 7.03. The van der Waals surface area contributed by atoms with Gasteiger partial charge in [-0.3, -0.25) is 0 Å². The van der Waals surface area contributed by atoms with Crippen molar-refractivity contribution in [2.24, 2.45) is 0 Å². The van der Waals surface area contributed by atoms with Gasteiger partial charge in [0.05, 0.1) is 5.56 Å². The lowest BCUT2D eigenvalue weighted by Gasteiger charge is -2.38. The standard InChI is InChI=1S/C15H22N2O2/c1-2-3-6-14-11-16-8-9-17(14)13-7-4-5-12(10-13)15(18)19/h4-5,7,10,14,16H,2-3,6,8-9,11H2,1H3,(H,18,19). The normalized spacial score (nSPS) is 19.4. The van der Waals surface area contributed by atoms with Crippen molar-refractivity contribution in [2.75, 3.05) is 24.5 Å². The number of carboxylic acid groups (broad SMARTS) is 1. The number of hydrogen-bond donors (Lipinski definition) is 2. The molecule has 2 rings (SSSR count). The van der Waals surface area contributed by atoms with Crippen LogP contribution >= 0.6 is 0 Å². The third-order valence-corrected chi connectivity index (χ3v) is 3.67. The first kappa shape index (κ1) is 13.9. The summed E-state index contributed by atoms with van der Waals surface area (Å²) in [4.78, 5) is 13.4. The summed E-state index contributed by atoms with van der Waals surface area (Å²) in [5.74, 6) is -0.859. The molecule has 0 bridgehead atoms. The highest BCUT2D eigenvalue weighted by Crippen LogP contribution is 2.22. The van der Waals surface area contributed by atoms with E-state index in [-0.39, 0.29) is 0 Å². The van der Waals surface area contributed by atoms with Crippen LogP contribution < -0.4 is 10.2 Å². The van der Waals surface area contributed by atoms with E-state index in [1.54, 1.807) is 12.1 Å². The number of anilines is 1. The predicted molar refractivity (Wildman–Crippen MR) is 76.9 cm³/mol. The SMILES string of the molecule is CCCCC1CNCCN1c1cccc(C(=O)O)c1. The predicted octanol–water partition coefficient (Wildman–Crippen LogP) is 2.35. The van der Waals surface area contributed by atoms with Crippen molar-refractivity contribution in [3.05, 3.63) is 29.8 Å². The third-order valence-electron chi connectivity index (χ3n) is 3.67.